The van der Waals surface area contributed by atoms with Gasteiger partial charge in [0.2, 0.25) is 0 Å². The molecule has 190 valence electrons. The van der Waals surface area contributed by atoms with Crippen LogP contribution in [0.2, 0.25) is 10.0 Å². The number of aromatic nitrogens is 7. The number of nitrogens with one attached hydrogen (secondary N) is 1. The van der Waals surface area contributed by atoms with Crippen LogP contribution in [-0.4, -0.2) is 74.8 Å². The topological polar surface area (TPSA) is 156 Å². The quantitative estimate of drug-likeness (QED) is 0.250. The molecule has 0 amide bonds. The first kappa shape index (κ1) is 24.0. The van der Waals surface area contributed by atoms with Crippen molar-refractivity contribution in [3.63, 3.8) is 0 Å². The third kappa shape index (κ3) is 4.07. The number of hydrogen-bond acceptors (Lipinski definition) is 10. The van der Waals surface area contributed by atoms with Crippen molar-refractivity contribution in [2.75, 3.05) is 11.9 Å². The smallest absolute Gasteiger partial charge is 0.167 e. The Kier molecular flexibility index (Phi) is 6.15. The molecular formula is C23H20Cl2N8O4. The summed E-state index contributed by atoms with van der Waals surface area (Å²) in [6.07, 6.45) is -2.37. The van der Waals surface area contributed by atoms with E-state index in [0.717, 1.165) is 5.52 Å². The van der Waals surface area contributed by atoms with Crippen molar-refractivity contribution in [3.05, 3.63) is 70.7 Å². The summed E-state index contributed by atoms with van der Waals surface area (Å²) < 4.78 is 8.82. The van der Waals surface area contributed by atoms with Crippen LogP contribution in [-0.2, 0) is 4.74 Å². The van der Waals surface area contributed by atoms with E-state index in [1.54, 1.807) is 22.9 Å². The Balaban J connectivity index is 1.44. The van der Waals surface area contributed by atoms with E-state index in [-0.39, 0.29) is 0 Å². The minimum Gasteiger partial charge on any atom is -0.394 e. The standard InChI is InChI=1S/C23H20Cl2N8O4/c24-11-5-6-12(13(25)7-11)21(33-15-4-2-1-3-14(15)30-31-33)29-20-17-22(27-9-26-20)32(10-28-17)23-19(36)18(35)16(8-34)37-23/h1-7,9-10,16,18-19,21,23,34-36H,8H2,(H,26,27,29)/t16-,18-,19-,21?,23-/m1/s1. The summed E-state index contributed by atoms with van der Waals surface area (Å²) in [6.45, 7) is -0.446. The molecule has 1 aliphatic rings. The number of anilines is 1. The monoisotopic (exact) mass is 542 g/mol. The molecule has 4 heterocycles. The van der Waals surface area contributed by atoms with Crippen molar-refractivity contribution >= 4 is 51.2 Å². The van der Waals surface area contributed by atoms with Crippen LogP contribution in [0.25, 0.3) is 22.2 Å². The van der Waals surface area contributed by atoms with E-state index >= 15 is 0 Å². The van der Waals surface area contributed by atoms with Gasteiger partial charge in [-0.1, -0.05) is 46.6 Å². The van der Waals surface area contributed by atoms with Gasteiger partial charge in [0.25, 0.3) is 0 Å². The average Bonchev–Trinajstić information content (AvgIpc) is 3.59. The Morgan fingerprint density at radius 3 is 2.68 bits per heavy atom. The van der Waals surface area contributed by atoms with Gasteiger partial charge in [-0.05, 0) is 24.3 Å². The molecule has 0 radical (unpaired) electrons. The van der Waals surface area contributed by atoms with Crippen molar-refractivity contribution in [3.8, 4) is 0 Å². The highest BCUT2D eigenvalue weighted by atomic mass is 35.5. The first-order valence-electron chi connectivity index (χ1n) is 11.3. The number of fused-ring (bicyclic) bond motifs is 2. The minimum absolute atomic E-state index is 0.344. The van der Waals surface area contributed by atoms with E-state index in [0.29, 0.717) is 38.1 Å². The highest BCUT2D eigenvalue weighted by molar-refractivity contribution is 6.35. The van der Waals surface area contributed by atoms with Crippen LogP contribution in [0.3, 0.4) is 0 Å². The molecule has 0 aliphatic carbocycles. The Morgan fingerprint density at radius 2 is 1.89 bits per heavy atom. The average molecular weight is 543 g/mol. The molecule has 5 atom stereocenters. The first-order chi connectivity index (χ1) is 18.0. The number of nitrogens with zero attached hydrogens (tertiary/aromatic N) is 7. The highest BCUT2D eigenvalue weighted by Gasteiger charge is 2.44. The molecule has 6 rings (SSSR count). The molecule has 3 aromatic heterocycles. The van der Waals surface area contributed by atoms with Crippen LogP contribution in [0.15, 0.2) is 55.1 Å². The summed E-state index contributed by atoms with van der Waals surface area (Å²) in [7, 11) is 0. The normalized spacial score (nSPS) is 22.6. The molecule has 1 saturated heterocycles. The number of aliphatic hydroxyl groups is 3. The molecule has 1 unspecified atom stereocenters. The Labute approximate surface area is 219 Å². The predicted molar refractivity (Wildman–Crippen MR) is 134 cm³/mol. The third-order valence-electron chi connectivity index (χ3n) is 6.30. The second kappa shape index (κ2) is 9.49. The Morgan fingerprint density at radius 1 is 1.05 bits per heavy atom. The second-order valence-electron chi connectivity index (χ2n) is 8.51. The van der Waals surface area contributed by atoms with E-state index in [2.05, 4.69) is 30.6 Å². The molecule has 5 aromatic rings. The lowest BCUT2D eigenvalue weighted by Gasteiger charge is -2.22. The third-order valence-corrected chi connectivity index (χ3v) is 6.86. The molecular weight excluding hydrogens is 523 g/mol. The number of rotatable bonds is 6. The summed E-state index contributed by atoms with van der Waals surface area (Å²) in [6, 6.07) is 12.6. The molecule has 1 fully saturated rings. The maximum atomic E-state index is 10.5. The fourth-order valence-corrected chi connectivity index (χ4v) is 4.97. The van der Waals surface area contributed by atoms with Gasteiger partial charge in [-0.15, -0.1) is 5.10 Å². The number of hydrogen-bond donors (Lipinski definition) is 4. The fraction of sp³-hybridized carbons (Fsp3) is 0.261. The molecule has 0 saturated carbocycles. The molecule has 1 aliphatic heterocycles. The van der Waals surface area contributed by atoms with Crippen molar-refractivity contribution in [2.24, 2.45) is 0 Å². The summed E-state index contributed by atoms with van der Waals surface area (Å²) >= 11 is 12.7. The van der Waals surface area contributed by atoms with Crippen molar-refractivity contribution in [1.29, 1.82) is 0 Å². The molecule has 0 spiro atoms. The Hall–Kier alpha value is -3.39. The van der Waals surface area contributed by atoms with E-state index < -0.39 is 37.3 Å². The van der Waals surface area contributed by atoms with Crippen molar-refractivity contribution < 1.29 is 20.1 Å². The number of benzene rings is 2. The maximum Gasteiger partial charge on any atom is 0.167 e. The lowest BCUT2D eigenvalue weighted by atomic mass is 10.1. The lowest BCUT2D eigenvalue weighted by molar-refractivity contribution is -0.0511. The summed E-state index contributed by atoms with van der Waals surface area (Å²) in [5.41, 5.74) is 2.84. The number of halogens is 2. The Bertz CT molecular complexity index is 1590. The van der Waals surface area contributed by atoms with Gasteiger partial charge in [0.05, 0.1) is 18.5 Å². The highest BCUT2D eigenvalue weighted by Crippen LogP contribution is 2.34. The van der Waals surface area contributed by atoms with Crippen molar-refractivity contribution in [2.45, 2.75) is 30.7 Å². The molecule has 37 heavy (non-hydrogen) atoms. The van der Waals surface area contributed by atoms with Gasteiger partial charge in [-0.2, -0.15) is 0 Å². The van der Waals surface area contributed by atoms with Gasteiger partial charge in [-0.25, -0.2) is 19.6 Å². The predicted octanol–water partition coefficient (Wildman–Crippen LogP) is 2.15. The van der Waals surface area contributed by atoms with Gasteiger partial charge in [-0.3, -0.25) is 4.57 Å². The summed E-state index contributed by atoms with van der Waals surface area (Å²) in [5.74, 6) is 0.353. The van der Waals surface area contributed by atoms with Gasteiger partial charge in [0.1, 0.15) is 30.2 Å². The summed E-state index contributed by atoms with van der Waals surface area (Å²) in [4.78, 5) is 13.1. The van der Waals surface area contributed by atoms with Crippen molar-refractivity contribution in [1.82, 2.24) is 34.5 Å². The first-order valence-corrected chi connectivity index (χ1v) is 12.0. The second-order valence-corrected chi connectivity index (χ2v) is 9.35. The fourth-order valence-electron chi connectivity index (χ4n) is 4.45. The molecule has 0 bridgehead atoms. The van der Waals surface area contributed by atoms with E-state index in [1.807, 2.05) is 24.3 Å². The van der Waals surface area contributed by atoms with Crippen LogP contribution < -0.4 is 5.32 Å². The zero-order valence-electron chi connectivity index (χ0n) is 18.9. The van der Waals surface area contributed by atoms with Gasteiger partial charge < -0.3 is 25.4 Å². The maximum absolute atomic E-state index is 10.5. The van der Waals surface area contributed by atoms with Crippen LogP contribution in [0.4, 0.5) is 5.82 Å². The number of para-hydroxylation sites is 1. The number of aliphatic hydroxyl groups excluding tert-OH is 3. The zero-order chi connectivity index (χ0) is 25.7. The number of ether oxygens (including phenoxy) is 1. The zero-order valence-corrected chi connectivity index (χ0v) is 20.4. The van der Waals surface area contributed by atoms with Gasteiger partial charge in [0, 0.05) is 15.6 Å². The van der Waals surface area contributed by atoms with Gasteiger partial charge in [0.15, 0.2) is 29.4 Å². The number of imidazole rings is 1. The van der Waals surface area contributed by atoms with E-state index in [9.17, 15) is 15.3 Å². The van der Waals surface area contributed by atoms with Crippen LogP contribution in [0, 0.1) is 0 Å². The van der Waals surface area contributed by atoms with Gasteiger partial charge >= 0.3 is 0 Å². The van der Waals surface area contributed by atoms with Crippen LogP contribution in [0.5, 0.6) is 0 Å². The molecule has 2 aromatic carbocycles. The largest absolute Gasteiger partial charge is 0.394 e. The van der Waals surface area contributed by atoms with Crippen LogP contribution >= 0.6 is 23.2 Å². The summed E-state index contributed by atoms with van der Waals surface area (Å²) in [5, 5.41) is 43.0. The molecule has 12 nitrogen and oxygen atoms in total. The molecule has 4 N–H and O–H groups in total. The van der Waals surface area contributed by atoms with E-state index in [1.165, 1.54) is 17.2 Å². The van der Waals surface area contributed by atoms with Crippen LogP contribution in [0.1, 0.15) is 18.0 Å². The lowest BCUT2D eigenvalue weighted by Crippen LogP contribution is -2.33. The SMILES string of the molecule is OC[C@H]1O[C@@H](n2cnc3c(NC(c4ccc(Cl)cc4Cl)n4nnc5ccccc54)ncnc32)[C@H](O)[C@@H]1O. The molecule has 14 heteroatoms. The van der Waals surface area contributed by atoms with E-state index in [4.69, 9.17) is 27.9 Å². The minimum atomic E-state index is -1.29.